The van der Waals surface area contributed by atoms with Gasteiger partial charge in [0.25, 0.3) is 0 Å². The Labute approximate surface area is 80.8 Å². The number of nitrogens with zero attached hydrogens (tertiary/aromatic N) is 2. The molecule has 1 heterocycles. The smallest absolute Gasteiger partial charge is 0.168 e. The highest BCUT2D eigenvalue weighted by Gasteiger charge is 1.97. The Morgan fingerprint density at radius 1 is 1.00 bits per heavy atom. The van der Waals surface area contributed by atoms with E-state index in [1.54, 1.807) is 0 Å². The molecule has 0 radical (unpaired) electrons. The lowest BCUT2D eigenvalue weighted by Gasteiger charge is -2.07. The Morgan fingerprint density at radius 3 is 2.31 bits per heavy atom. The molecule has 0 bridgehead atoms. The summed E-state index contributed by atoms with van der Waals surface area (Å²) in [6.45, 7) is 2.32. The van der Waals surface area contributed by atoms with Crippen molar-refractivity contribution in [3.05, 3.63) is 30.6 Å². The molecule has 0 aromatic carbocycles. The Balaban J connectivity index is 2.13. The van der Waals surface area contributed by atoms with Crippen LogP contribution in [0.5, 0.6) is 0 Å². The predicted molar refractivity (Wildman–Crippen MR) is 54.4 cm³/mol. The molecule has 1 aromatic heterocycles. The molecule has 2 nitrogen and oxygen atoms in total. The van der Waals surface area contributed by atoms with Crippen molar-refractivity contribution in [3.63, 3.8) is 0 Å². The number of hydrogen-bond donors (Lipinski definition) is 0. The number of pyridine rings is 1. The molecule has 0 fully saturated rings. The van der Waals surface area contributed by atoms with E-state index in [4.69, 9.17) is 0 Å². The van der Waals surface area contributed by atoms with Gasteiger partial charge in [-0.2, -0.15) is 0 Å². The summed E-state index contributed by atoms with van der Waals surface area (Å²) in [6.07, 6.45) is 6.77. The fourth-order valence-corrected chi connectivity index (χ4v) is 1.31. The van der Waals surface area contributed by atoms with Gasteiger partial charge in [-0.15, -0.1) is 0 Å². The molecule has 0 unspecified atom stereocenters. The van der Waals surface area contributed by atoms with Crippen LogP contribution in [-0.4, -0.2) is 25.5 Å². The van der Waals surface area contributed by atoms with Crippen molar-refractivity contribution in [2.24, 2.45) is 0 Å². The molecule has 2 heteroatoms. The summed E-state index contributed by atoms with van der Waals surface area (Å²) < 4.78 is 2.23. The van der Waals surface area contributed by atoms with Gasteiger partial charge in [0.2, 0.25) is 0 Å². The molecule has 0 aliphatic carbocycles. The van der Waals surface area contributed by atoms with Gasteiger partial charge in [0.15, 0.2) is 12.4 Å². The molecule has 0 N–H and O–H groups in total. The summed E-state index contributed by atoms with van der Waals surface area (Å²) in [7, 11) is 4.24. The first-order valence-corrected chi connectivity index (χ1v) is 4.88. The summed E-state index contributed by atoms with van der Waals surface area (Å²) in [5.41, 5.74) is 0. The molecule has 0 amide bonds. The molecule has 13 heavy (non-hydrogen) atoms. The summed E-state index contributed by atoms with van der Waals surface area (Å²) >= 11 is 0. The third-order valence-corrected chi connectivity index (χ3v) is 2.05. The third-order valence-electron chi connectivity index (χ3n) is 2.05. The van der Waals surface area contributed by atoms with Gasteiger partial charge in [-0.05, 0) is 27.1 Å². The summed E-state index contributed by atoms with van der Waals surface area (Å²) in [6, 6.07) is 6.20. The minimum atomic E-state index is 1.13. The van der Waals surface area contributed by atoms with Crippen LogP contribution in [0.1, 0.15) is 12.8 Å². The van der Waals surface area contributed by atoms with Crippen LogP contribution in [0.4, 0.5) is 0 Å². The Bertz CT molecular complexity index is 219. The largest absolute Gasteiger partial charge is 0.309 e. The van der Waals surface area contributed by atoms with Crippen molar-refractivity contribution in [1.82, 2.24) is 4.90 Å². The normalized spacial score (nSPS) is 10.7. The maximum atomic E-state index is 2.23. The molecule has 0 aliphatic heterocycles. The van der Waals surface area contributed by atoms with E-state index in [-0.39, 0.29) is 0 Å². The zero-order valence-electron chi connectivity index (χ0n) is 8.61. The molecule has 1 aromatic rings. The van der Waals surface area contributed by atoms with Gasteiger partial charge >= 0.3 is 0 Å². The number of aryl methyl sites for hydroxylation is 1. The average molecular weight is 179 g/mol. The molecular weight excluding hydrogens is 160 g/mol. The third kappa shape index (κ3) is 4.63. The monoisotopic (exact) mass is 179 g/mol. The van der Waals surface area contributed by atoms with E-state index in [1.807, 2.05) is 0 Å². The van der Waals surface area contributed by atoms with Crippen molar-refractivity contribution in [2.45, 2.75) is 19.4 Å². The Kier molecular flexibility index (Phi) is 4.47. The molecule has 0 saturated carbocycles. The fourth-order valence-electron chi connectivity index (χ4n) is 1.31. The van der Waals surface area contributed by atoms with Crippen molar-refractivity contribution >= 4 is 0 Å². The van der Waals surface area contributed by atoms with Gasteiger partial charge in [-0.3, -0.25) is 0 Å². The topological polar surface area (TPSA) is 7.12 Å². The molecule has 0 aliphatic rings. The van der Waals surface area contributed by atoms with Gasteiger partial charge in [0, 0.05) is 18.6 Å². The van der Waals surface area contributed by atoms with Crippen molar-refractivity contribution in [3.8, 4) is 0 Å². The molecule has 0 saturated heterocycles. The zero-order valence-corrected chi connectivity index (χ0v) is 8.61. The maximum Gasteiger partial charge on any atom is 0.168 e. The molecule has 1 rings (SSSR count). The number of rotatable bonds is 5. The van der Waals surface area contributed by atoms with Crippen LogP contribution >= 0.6 is 0 Å². The summed E-state index contributed by atoms with van der Waals surface area (Å²) in [4.78, 5) is 2.23. The van der Waals surface area contributed by atoms with E-state index in [0.29, 0.717) is 0 Å². The number of aromatic nitrogens is 1. The highest BCUT2D eigenvalue weighted by molar-refractivity contribution is 4.83. The van der Waals surface area contributed by atoms with E-state index < -0.39 is 0 Å². The average Bonchev–Trinajstić information content (AvgIpc) is 2.14. The summed E-state index contributed by atoms with van der Waals surface area (Å²) in [5, 5.41) is 0. The summed E-state index contributed by atoms with van der Waals surface area (Å²) in [5.74, 6) is 0. The van der Waals surface area contributed by atoms with Crippen LogP contribution in [0, 0.1) is 0 Å². The van der Waals surface area contributed by atoms with Gasteiger partial charge in [-0.25, -0.2) is 4.57 Å². The first-order valence-electron chi connectivity index (χ1n) is 4.88. The van der Waals surface area contributed by atoms with Gasteiger partial charge < -0.3 is 4.90 Å². The molecule has 0 atom stereocenters. The van der Waals surface area contributed by atoms with Crippen LogP contribution in [0.15, 0.2) is 30.6 Å². The van der Waals surface area contributed by atoms with Crippen molar-refractivity contribution in [2.75, 3.05) is 20.6 Å². The minimum Gasteiger partial charge on any atom is -0.309 e. The highest BCUT2D eigenvalue weighted by atomic mass is 15.0. The fraction of sp³-hybridized carbons (Fsp3) is 0.545. The van der Waals surface area contributed by atoms with E-state index in [2.05, 4.69) is 54.2 Å². The lowest BCUT2D eigenvalue weighted by molar-refractivity contribution is -0.697. The van der Waals surface area contributed by atoms with Crippen LogP contribution in [0.3, 0.4) is 0 Å². The van der Waals surface area contributed by atoms with E-state index >= 15 is 0 Å². The number of unbranched alkanes of at least 4 members (excludes halogenated alkanes) is 1. The quantitative estimate of drug-likeness (QED) is 0.488. The zero-order chi connectivity index (χ0) is 9.52. The van der Waals surface area contributed by atoms with Gasteiger partial charge in [0.1, 0.15) is 6.54 Å². The van der Waals surface area contributed by atoms with Crippen LogP contribution in [0.2, 0.25) is 0 Å². The first kappa shape index (κ1) is 10.2. The van der Waals surface area contributed by atoms with E-state index in [9.17, 15) is 0 Å². The second kappa shape index (κ2) is 5.70. The van der Waals surface area contributed by atoms with E-state index in [0.717, 1.165) is 6.54 Å². The lowest BCUT2D eigenvalue weighted by atomic mass is 10.3. The maximum absolute atomic E-state index is 2.23. The van der Waals surface area contributed by atoms with Crippen LogP contribution in [0.25, 0.3) is 0 Å². The Morgan fingerprint density at radius 2 is 1.69 bits per heavy atom. The van der Waals surface area contributed by atoms with Gasteiger partial charge in [-0.1, -0.05) is 6.07 Å². The lowest BCUT2D eigenvalue weighted by Crippen LogP contribution is -2.32. The van der Waals surface area contributed by atoms with Gasteiger partial charge in [0.05, 0.1) is 0 Å². The SMILES string of the molecule is CN(C)CCCC[n+]1ccccc1. The molecular formula is C11H19N2+. The highest BCUT2D eigenvalue weighted by Crippen LogP contribution is 1.90. The van der Waals surface area contributed by atoms with Crippen molar-refractivity contribution in [1.29, 1.82) is 0 Å². The molecule has 72 valence electrons. The second-order valence-electron chi connectivity index (χ2n) is 3.62. The number of hydrogen-bond acceptors (Lipinski definition) is 1. The van der Waals surface area contributed by atoms with Crippen LogP contribution in [-0.2, 0) is 6.54 Å². The predicted octanol–water partition coefficient (Wildman–Crippen LogP) is 1.32. The minimum absolute atomic E-state index is 1.13. The van der Waals surface area contributed by atoms with Crippen molar-refractivity contribution < 1.29 is 4.57 Å². The standard InChI is InChI=1S/C11H19N2/c1-12(2)8-6-7-11-13-9-4-3-5-10-13/h3-5,9-10H,6-8,11H2,1-2H3/q+1. The molecule has 0 spiro atoms. The van der Waals surface area contributed by atoms with Crippen LogP contribution < -0.4 is 4.57 Å². The second-order valence-corrected chi connectivity index (χ2v) is 3.62. The Hall–Kier alpha value is -0.890. The first-order chi connectivity index (χ1) is 6.29. The van der Waals surface area contributed by atoms with E-state index in [1.165, 1.54) is 19.4 Å².